The maximum atomic E-state index is 13.5. The van der Waals surface area contributed by atoms with Crippen LogP contribution in [0.4, 0.5) is 5.69 Å². The van der Waals surface area contributed by atoms with Gasteiger partial charge in [-0.05, 0) is 42.8 Å². The van der Waals surface area contributed by atoms with Crippen molar-refractivity contribution in [3.05, 3.63) is 88.9 Å². The first-order chi connectivity index (χ1) is 16.3. The third-order valence-corrected chi connectivity index (χ3v) is 7.38. The zero-order valence-corrected chi connectivity index (χ0v) is 20.2. The van der Waals surface area contributed by atoms with Crippen molar-refractivity contribution in [1.82, 2.24) is 5.32 Å². The topological polar surface area (TPSA) is 84.9 Å². The molecule has 178 valence electrons. The fourth-order valence-electron chi connectivity index (χ4n) is 3.55. The van der Waals surface area contributed by atoms with E-state index in [-0.39, 0.29) is 23.7 Å². The van der Waals surface area contributed by atoms with E-state index in [4.69, 9.17) is 21.1 Å². The van der Waals surface area contributed by atoms with Gasteiger partial charge in [0.1, 0.15) is 5.75 Å². The molecule has 1 atom stereocenters. The molecule has 1 amide bonds. The molecule has 3 aromatic rings. The Balaban J connectivity index is 1.45. The number of nitrogens with zero attached hydrogens (tertiary/aromatic N) is 1. The van der Waals surface area contributed by atoms with Gasteiger partial charge in [-0.3, -0.25) is 9.10 Å². The van der Waals surface area contributed by atoms with E-state index in [0.29, 0.717) is 23.9 Å². The molecule has 0 saturated heterocycles. The van der Waals surface area contributed by atoms with Crippen LogP contribution in [0.25, 0.3) is 0 Å². The molecule has 34 heavy (non-hydrogen) atoms. The Kier molecular flexibility index (Phi) is 7.41. The summed E-state index contributed by atoms with van der Waals surface area (Å²) in [6, 6.07) is 20.9. The summed E-state index contributed by atoms with van der Waals surface area (Å²) in [5.74, 6) is -0.153. The highest BCUT2D eigenvalue weighted by Gasteiger charge is 2.37. The van der Waals surface area contributed by atoms with Crippen molar-refractivity contribution in [2.45, 2.75) is 24.5 Å². The number of nitrogens with one attached hydrogen (secondary N) is 1. The third kappa shape index (κ3) is 5.52. The predicted octanol–water partition coefficient (Wildman–Crippen LogP) is 3.94. The third-order valence-electron chi connectivity index (χ3n) is 5.35. The molecule has 7 nitrogen and oxygen atoms in total. The molecular weight excluding hydrogens is 476 g/mol. The average molecular weight is 501 g/mol. The molecule has 0 spiro atoms. The molecule has 0 bridgehead atoms. The van der Waals surface area contributed by atoms with Crippen LogP contribution in [0, 0.1) is 6.92 Å². The van der Waals surface area contributed by atoms with Gasteiger partial charge in [-0.1, -0.05) is 59.6 Å². The molecule has 0 saturated carbocycles. The number of anilines is 1. The largest absolute Gasteiger partial charge is 0.476 e. The van der Waals surface area contributed by atoms with Gasteiger partial charge >= 0.3 is 0 Å². The van der Waals surface area contributed by atoms with Crippen molar-refractivity contribution in [1.29, 1.82) is 0 Å². The molecule has 0 fully saturated rings. The van der Waals surface area contributed by atoms with E-state index in [0.717, 1.165) is 11.1 Å². The summed E-state index contributed by atoms with van der Waals surface area (Å²) in [4.78, 5) is 12.9. The lowest BCUT2D eigenvalue weighted by atomic mass is 10.2. The molecule has 1 unspecified atom stereocenters. The van der Waals surface area contributed by atoms with Gasteiger partial charge in [0, 0.05) is 11.6 Å². The Hall–Kier alpha value is -3.07. The molecule has 1 N–H and O–H groups in total. The summed E-state index contributed by atoms with van der Waals surface area (Å²) in [5, 5.41) is 3.13. The van der Waals surface area contributed by atoms with E-state index in [1.165, 1.54) is 10.4 Å². The number of sulfonamides is 1. The van der Waals surface area contributed by atoms with Crippen molar-refractivity contribution in [3.63, 3.8) is 0 Å². The lowest BCUT2D eigenvalue weighted by Gasteiger charge is -2.34. The zero-order valence-electron chi connectivity index (χ0n) is 18.6. The van der Waals surface area contributed by atoms with Crippen molar-refractivity contribution in [2.24, 2.45) is 0 Å². The summed E-state index contributed by atoms with van der Waals surface area (Å²) in [6.45, 7) is 2.71. The maximum absolute atomic E-state index is 13.5. The number of hydrogen-bond donors (Lipinski definition) is 1. The van der Waals surface area contributed by atoms with Crippen LogP contribution < -0.4 is 14.4 Å². The molecule has 9 heteroatoms. The van der Waals surface area contributed by atoms with E-state index in [1.807, 2.05) is 37.3 Å². The number of hydrogen-bond acceptors (Lipinski definition) is 5. The molecule has 1 aliphatic heterocycles. The normalized spacial score (nSPS) is 15.4. The summed E-state index contributed by atoms with van der Waals surface area (Å²) in [7, 11) is -3.95. The van der Waals surface area contributed by atoms with E-state index in [9.17, 15) is 13.2 Å². The van der Waals surface area contributed by atoms with Crippen LogP contribution in [0.15, 0.2) is 77.7 Å². The molecule has 4 rings (SSSR count). The Morgan fingerprint density at radius 3 is 2.59 bits per heavy atom. The van der Waals surface area contributed by atoms with E-state index >= 15 is 0 Å². The average Bonchev–Trinajstić information content (AvgIpc) is 2.84. The quantitative estimate of drug-likeness (QED) is 0.474. The molecule has 1 heterocycles. The van der Waals surface area contributed by atoms with Crippen LogP contribution >= 0.6 is 11.6 Å². The van der Waals surface area contributed by atoms with Gasteiger partial charge in [0.2, 0.25) is 0 Å². The minimum atomic E-state index is -3.95. The minimum Gasteiger partial charge on any atom is -0.476 e. The summed E-state index contributed by atoms with van der Waals surface area (Å²) < 4.78 is 39.5. The van der Waals surface area contributed by atoms with E-state index < -0.39 is 22.0 Å². The SMILES string of the molecule is Cc1ccc(S(=O)(=O)N2CC(C(=O)NCCOCc3ccccc3)Oc3ccc(Cl)cc32)cc1. The van der Waals surface area contributed by atoms with Crippen LogP contribution in [0.5, 0.6) is 5.75 Å². The van der Waals surface area contributed by atoms with Crippen LogP contribution in [0.1, 0.15) is 11.1 Å². The smallest absolute Gasteiger partial charge is 0.264 e. The zero-order chi connectivity index (χ0) is 24.1. The number of aryl methyl sites for hydroxylation is 1. The van der Waals surface area contributed by atoms with Gasteiger partial charge < -0.3 is 14.8 Å². The molecule has 1 aliphatic rings. The van der Waals surface area contributed by atoms with Crippen molar-refractivity contribution in [2.75, 3.05) is 24.0 Å². The van der Waals surface area contributed by atoms with Gasteiger partial charge in [-0.15, -0.1) is 0 Å². The van der Waals surface area contributed by atoms with Gasteiger partial charge in [0.05, 0.1) is 30.3 Å². The van der Waals surface area contributed by atoms with Crippen LogP contribution in [0.2, 0.25) is 5.02 Å². The first-order valence-corrected chi connectivity index (χ1v) is 12.6. The van der Waals surface area contributed by atoms with Crippen LogP contribution in [0.3, 0.4) is 0 Å². The number of amides is 1. The number of benzene rings is 3. The fraction of sp³-hybridized carbons (Fsp3) is 0.240. The van der Waals surface area contributed by atoms with Crippen molar-refractivity contribution in [3.8, 4) is 5.75 Å². The van der Waals surface area contributed by atoms with Gasteiger partial charge in [0.15, 0.2) is 6.10 Å². The summed E-state index contributed by atoms with van der Waals surface area (Å²) in [5.41, 5.74) is 2.27. The lowest BCUT2D eigenvalue weighted by molar-refractivity contribution is -0.128. The maximum Gasteiger partial charge on any atom is 0.264 e. The summed E-state index contributed by atoms with van der Waals surface area (Å²) in [6.07, 6.45) is -1.02. The second-order valence-corrected chi connectivity index (χ2v) is 10.2. The van der Waals surface area contributed by atoms with Crippen LogP contribution in [-0.4, -0.2) is 40.1 Å². The number of rotatable bonds is 8. The van der Waals surface area contributed by atoms with Crippen LogP contribution in [-0.2, 0) is 26.2 Å². The van der Waals surface area contributed by atoms with Crippen molar-refractivity contribution < 1.29 is 22.7 Å². The fourth-order valence-corrected chi connectivity index (χ4v) is 5.18. The lowest BCUT2D eigenvalue weighted by Crippen LogP contribution is -2.51. The number of halogens is 1. The number of carbonyl (C=O) groups is 1. The Morgan fingerprint density at radius 2 is 1.85 bits per heavy atom. The minimum absolute atomic E-state index is 0.124. The number of carbonyl (C=O) groups excluding carboxylic acids is 1. The van der Waals surface area contributed by atoms with E-state index in [2.05, 4.69) is 5.32 Å². The highest BCUT2D eigenvalue weighted by atomic mass is 35.5. The van der Waals surface area contributed by atoms with Gasteiger partial charge in [-0.2, -0.15) is 0 Å². The highest BCUT2D eigenvalue weighted by molar-refractivity contribution is 7.92. The first kappa shape index (κ1) is 24.1. The van der Waals surface area contributed by atoms with Gasteiger partial charge in [-0.25, -0.2) is 8.42 Å². The number of ether oxygens (including phenoxy) is 2. The molecule has 0 aromatic heterocycles. The predicted molar refractivity (Wildman–Crippen MR) is 131 cm³/mol. The molecular formula is C25H25ClN2O5S. The second kappa shape index (κ2) is 10.5. The standard InChI is InChI=1S/C25H25ClN2O5S/c1-18-7-10-21(11-8-18)34(30,31)28-16-24(33-23-12-9-20(26)15-22(23)28)25(29)27-13-14-32-17-19-5-3-2-4-6-19/h2-12,15,24H,13-14,16-17H2,1H3,(H,27,29). The Morgan fingerprint density at radius 1 is 1.12 bits per heavy atom. The molecule has 0 aliphatic carbocycles. The number of fused-ring (bicyclic) bond motifs is 1. The monoisotopic (exact) mass is 500 g/mol. The Bertz CT molecular complexity index is 1250. The summed E-state index contributed by atoms with van der Waals surface area (Å²) >= 11 is 6.13. The molecule has 3 aromatic carbocycles. The first-order valence-electron chi connectivity index (χ1n) is 10.8. The Labute approximate surface area is 204 Å². The molecule has 0 radical (unpaired) electrons. The van der Waals surface area contributed by atoms with E-state index in [1.54, 1.807) is 36.4 Å². The van der Waals surface area contributed by atoms with Gasteiger partial charge in [0.25, 0.3) is 15.9 Å². The highest BCUT2D eigenvalue weighted by Crippen LogP contribution is 2.38. The van der Waals surface area contributed by atoms with Crippen molar-refractivity contribution >= 4 is 33.2 Å². The second-order valence-electron chi connectivity index (χ2n) is 7.90.